The summed E-state index contributed by atoms with van der Waals surface area (Å²) in [6, 6.07) is 20.6. The predicted octanol–water partition coefficient (Wildman–Crippen LogP) is 5.24. The standard InChI is InChI=1S/C22H19ClN2O3/c1-2-28-20-8-4-6-16(14-20)22(27)25-19-11-9-18(10-12-19)24-21(26)15-5-3-7-17(23)13-15/h3-14H,2H2,1H3,(H,24,26)(H,25,27). The van der Waals surface area contributed by atoms with Crippen molar-refractivity contribution in [3.63, 3.8) is 0 Å². The third-order valence-corrected chi connectivity index (χ3v) is 4.13. The van der Waals surface area contributed by atoms with Gasteiger partial charge in [-0.2, -0.15) is 0 Å². The first-order valence-electron chi connectivity index (χ1n) is 8.76. The van der Waals surface area contributed by atoms with Crippen LogP contribution >= 0.6 is 11.6 Å². The summed E-state index contributed by atoms with van der Waals surface area (Å²) in [7, 11) is 0. The van der Waals surface area contributed by atoms with Crippen LogP contribution in [0.1, 0.15) is 27.6 Å². The lowest BCUT2D eigenvalue weighted by Gasteiger charge is -2.09. The number of anilines is 2. The Labute approximate surface area is 168 Å². The lowest BCUT2D eigenvalue weighted by atomic mass is 10.2. The zero-order valence-electron chi connectivity index (χ0n) is 15.2. The summed E-state index contributed by atoms with van der Waals surface area (Å²) in [6.45, 7) is 2.42. The van der Waals surface area contributed by atoms with Crippen LogP contribution in [0.2, 0.25) is 5.02 Å². The maximum Gasteiger partial charge on any atom is 0.255 e. The molecular formula is C22H19ClN2O3. The van der Waals surface area contributed by atoms with E-state index < -0.39 is 0 Å². The lowest BCUT2D eigenvalue weighted by molar-refractivity contribution is 0.101. The van der Waals surface area contributed by atoms with Gasteiger partial charge in [-0.05, 0) is 67.6 Å². The number of benzene rings is 3. The summed E-state index contributed by atoms with van der Waals surface area (Å²) >= 11 is 5.91. The van der Waals surface area contributed by atoms with Gasteiger partial charge in [0.05, 0.1) is 6.61 Å². The molecule has 0 aliphatic rings. The second-order valence-corrected chi connectivity index (χ2v) is 6.39. The fourth-order valence-electron chi connectivity index (χ4n) is 2.57. The minimum atomic E-state index is -0.257. The Bertz CT molecular complexity index is 987. The topological polar surface area (TPSA) is 67.4 Å². The molecule has 0 aromatic heterocycles. The molecule has 0 saturated carbocycles. The molecular weight excluding hydrogens is 376 g/mol. The Balaban J connectivity index is 1.63. The highest BCUT2D eigenvalue weighted by molar-refractivity contribution is 6.31. The van der Waals surface area contributed by atoms with Crippen LogP contribution in [0.5, 0.6) is 5.75 Å². The molecule has 0 unspecified atom stereocenters. The van der Waals surface area contributed by atoms with Crippen LogP contribution in [0.15, 0.2) is 72.8 Å². The molecule has 0 saturated heterocycles. The molecule has 5 nitrogen and oxygen atoms in total. The highest BCUT2D eigenvalue weighted by Crippen LogP contribution is 2.18. The summed E-state index contributed by atoms with van der Waals surface area (Å²) in [4.78, 5) is 24.6. The molecule has 2 amide bonds. The molecule has 142 valence electrons. The third-order valence-electron chi connectivity index (χ3n) is 3.89. The van der Waals surface area contributed by atoms with Gasteiger partial charge < -0.3 is 15.4 Å². The second-order valence-electron chi connectivity index (χ2n) is 5.96. The van der Waals surface area contributed by atoms with E-state index in [1.807, 2.05) is 6.92 Å². The number of amides is 2. The first-order valence-corrected chi connectivity index (χ1v) is 9.14. The van der Waals surface area contributed by atoms with Crippen molar-refractivity contribution in [2.24, 2.45) is 0 Å². The molecule has 2 N–H and O–H groups in total. The van der Waals surface area contributed by atoms with E-state index in [0.29, 0.717) is 39.9 Å². The van der Waals surface area contributed by atoms with Gasteiger partial charge in [0.15, 0.2) is 0 Å². The van der Waals surface area contributed by atoms with Gasteiger partial charge in [0.1, 0.15) is 5.75 Å². The predicted molar refractivity (Wildman–Crippen MR) is 111 cm³/mol. The first-order chi connectivity index (χ1) is 13.5. The molecule has 0 spiro atoms. The lowest BCUT2D eigenvalue weighted by Crippen LogP contribution is -2.13. The molecule has 28 heavy (non-hydrogen) atoms. The van der Waals surface area contributed by atoms with Crippen molar-refractivity contribution in [3.05, 3.63) is 88.9 Å². The van der Waals surface area contributed by atoms with Crippen LogP contribution in [-0.2, 0) is 0 Å². The minimum absolute atomic E-state index is 0.239. The van der Waals surface area contributed by atoms with Crippen LogP contribution in [0.3, 0.4) is 0 Å². The number of carbonyl (C=O) groups is 2. The van der Waals surface area contributed by atoms with Crippen molar-refractivity contribution in [2.45, 2.75) is 6.92 Å². The zero-order valence-corrected chi connectivity index (χ0v) is 16.0. The van der Waals surface area contributed by atoms with Crippen molar-refractivity contribution in [2.75, 3.05) is 17.2 Å². The van der Waals surface area contributed by atoms with E-state index in [1.165, 1.54) is 0 Å². The van der Waals surface area contributed by atoms with Crippen LogP contribution in [0, 0.1) is 0 Å². The quantitative estimate of drug-likeness (QED) is 0.600. The van der Waals surface area contributed by atoms with Gasteiger partial charge in [0.25, 0.3) is 11.8 Å². The third kappa shape index (κ3) is 5.11. The van der Waals surface area contributed by atoms with Crippen molar-refractivity contribution in [1.29, 1.82) is 0 Å². The molecule has 0 radical (unpaired) electrons. The fourth-order valence-corrected chi connectivity index (χ4v) is 2.76. The molecule has 3 rings (SSSR count). The van der Waals surface area contributed by atoms with Crippen LogP contribution in [-0.4, -0.2) is 18.4 Å². The molecule has 0 bridgehead atoms. The van der Waals surface area contributed by atoms with E-state index in [2.05, 4.69) is 10.6 Å². The summed E-state index contributed by atoms with van der Waals surface area (Å²) in [5, 5.41) is 6.11. The molecule has 3 aromatic carbocycles. The highest BCUT2D eigenvalue weighted by atomic mass is 35.5. The minimum Gasteiger partial charge on any atom is -0.494 e. The Morgan fingerprint density at radius 3 is 1.89 bits per heavy atom. The van der Waals surface area contributed by atoms with Gasteiger partial charge >= 0.3 is 0 Å². The smallest absolute Gasteiger partial charge is 0.255 e. The Morgan fingerprint density at radius 1 is 0.821 bits per heavy atom. The van der Waals surface area contributed by atoms with Gasteiger partial charge in [-0.25, -0.2) is 0 Å². The molecule has 0 atom stereocenters. The number of hydrogen-bond donors (Lipinski definition) is 2. The Kier molecular flexibility index (Phi) is 6.29. The molecule has 3 aromatic rings. The summed E-state index contributed by atoms with van der Waals surface area (Å²) in [6.07, 6.45) is 0. The second kappa shape index (κ2) is 9.06. The van der Waals surface area contributed by atoms with Gasteiger partial charge in [0.2, 0.25) is 0 Å². The van der Waals surface area contributed by atoms with Gasteiger partial charge in [-0.1, -0.05) is 23.7 Å². The van der Waals surface area contributed by atoms with E-state index >= 15 is 0 Å². The van der Waals surface area contributed by atoms with E-state index in [1.54, 1.807) is 72.8 Å². The number of ether oxygens (including phenoxy) is 1. The van der Waals surface area contributed by atoms with Gasteiger partial charge in [0, 0.05) is 27.5 Å². The van der Waals surface area contributed by atoms with Crippen molar-refractivity contribution < 1.29 is 14.3 Å². The number of nitrogens with one attached hydrogen (secondary N) is 2. The number of rotatable bonds is 6. The van der Waals surface area contributed by atoms with Gasteiger partial charge in [-0.15, -0.1) is 0 Å². The maximum atomic E-state index is 12.4. The Morgan fingerprint density at radius 2 is 1.36 bits per heavy atom. The Hall–Kier alpha value is -3.31. The first kappa shape index (κ1) is 19.5. The maximum absolute atomic E-state index is 12.4. The van der Waals surface area contributed by atoms with E-state index in [-0.39, 0.29) is 11.8 Å². The SMILES string of the molecule is CCOc1cccc(C(=O)Nc2ccc(NC(=O)c3cccc(Cl)c3)cc2)c1. The van der Waals surface area contributed by atoms with Crippen molar-refractivity contribution >= 4 is 34.8 Å². The molecule has 6 heteroatoms. The number of halogens is 1. The van der Waals surface area contributed by atoms with E-state index in [4.69, 9.17) is 16.3 Å². The zero-order chi connectivity index (χ0) is 19.9. The van der Waals surface area contributed by atoms with E-state index in [0.717, 1.165) is 0 Å². The monoisotopic (exact) mass is 394 g/mol. The molecule has 0 aliphatic heterocycles. The van der Waals surface area contributed by atoms with Gasteiger partial charge in [-0.3, -0.25) is 9.59 Å². The number of carbonyl (C=O) groups excluding carboxylic acids is 2. The highest BCUT2D eigenvalue weighted by Gasteiger charge is 2.09. The van der Waals surface area contributed by atoms with Crippen molar-refractivity contribution in [3.8, 4) is 5.75 Å². The average Bonchev–Trinajstić information content (AvgIpc) is 2.70. The molecule has 0 aliphatic carbocycles. The summed E-state index contributed by atoms with van der Waals surface area (Å²) < 4.78 is 5.41. The van der Waals surface area contributed by atoms with Crippen LogP contribution in [0.4, 0.5) is 11.4 Å². The fraction of sp³-hybridized carbons (Fsp3) is 0.0909. The summed E-state index contributed by atoms with van der Waals surface area (Å²) in [5.74, 6) is 0.151. The largest absolute Gasteiger partial charge is 0.494 e. The molecule has 0 fully saturated rings. The average molecular weight is 395 g/mol. The van der Waals surface area contributed by atoms with E-state index in [9.17, 15) is 9.59 Å². The number of hydrogen-bond acceptors (Lipinski definition) is 3. The van der Waals surface area contributed by atoms with Crippen LogP contribution in [0.25, 0.3) is 0 Å². The summed E-state index contributed by atoms with van der Waals surface area (Å²) in [5.41, 5.74) is 2.21. The van der Waals surface area contributed by atoms with Crippen molar-refractivity contribution in [1.82, 2.24) is 0 Å². The molecule has 0 heterocycles. The normalized spacial score (nSPS) is 10.2. The van der Waals surface area contributed by atoms with Crippen LogP contribution < -0.4 is 15.4 Å².